The van der Waals surface area contributed by atoms with E-state index in [1.807, 2.05) is 20.8 Å². The minimum atomic E-state index is -0.313. The third-order valence-electron chi connectivity index (χ3n) is 2.70. The fraction of sp³-hybridized carbons (Fsp3) is 0.667. The number of hydrogen-bond donors (Lipinski definition) is 0. The molecule has 1 amide bonds. The van der Waals surface area contributed by atoms with Crippen LogP contribution in [0.15, 0.2) is 10.6 Å². The minimum Gasteiger partial charge on any atom is -0.369 e. The molecule has 17 heavy (non-hydrogen) atoms. The molecular formula is C12H18N2O3. The van der Waals surface area contributed by atoms with Gasteiger partial charge >= 0.3 is 0 Å². The van der Waals surface area contributed by atoms with Crippen LogP contribution in [0.25, 0.3) is 0 Å². The van der Waals surface area contributed by atoms with Crippen LogP contribution in [0.3, 0.4) is 0 Å². The molecule has 0 radical (unpaired) electrons. The van der Waals surface area contributed by atoms with Gasteiger partial charge in [-0.15, -0.1) is 0 Å². The van der Waals surface area contributed by atoms with Crippen molar-refractivity contribution < 1.29 is 14.1 Å². The molecule has 2 heterocycles. The Morgan fingerprint density at radius 3 is 2.82 bits per heavy atom. The van der Waals surface area contributed by atoms with Crippen molar-refractivity contribution in [3.63, 3.8) is 0 Å². The van der Waals surface area contributed by atoms with Crippen LogP contribution in [-0.4, -0.2) is 40.8 Å². The van der Waals surface area contributed by atoms with Crippen LogP contribution in [0.5, 0.6) is 0 Å². The maximum Gasteiger partial charge on any atom is 0.276 e. The second kappa shape index (κ2) is 4.14. The highest BCUT2D eigenvalue weighted by atomic mass is 16.5. The first-order valence-corrected chi connectivity index (χ1v) is 5.78. The van der Waals surface area contributed by atoms with Crippen molar-refractivity contribution in [3.8, 4) is 0 Å². The summed E-state index contributed by atoms with van der Waals surface area (Å²) in [6, 6.07) is 1.66. The highest BCUT2D eigenvalue weighted by Crippen LogP contribution is 2.22. The third kappa shape index (κ3) is 2.66. The SMILES string of the molecule is Cc1cc(C(=O)N2CC(C)OC(C)(C)C2)no1. The Morgan fingerprint density at radius 1 is 1.59 bits per heavy atom. The van der Waals surface area contributed by atoms with Gasteiger partial charge in [0, 0.05) is 19.2 Å². The number of nitrogens with zero attached hydrogens (tertiary/aromatic N) is 2. The Bertz CT molecular complexity index is 425. The molecule has 1 fully saturated rings. The third-order valence-corrected chi connectivity index (χ3v) is 2.70. The summed E-state index contributed by atoms with van der Waals surface area (Å²) in [7, 11) is 0. The Morgan fingerprint density at radius 2 is 2.29 bits per heavy atom. The topological polar surface area (TPSA) is 55.6 Å². The summed E-state index contributed by atoms with van der Waals surface area (Å²) < 4.78 is 10.7. The van der Waals surface area contributed by atoms with Gasteiger partial charge < -0.3 is 14.2 Å². The van der Waals surface area contributed by atoms with Gasteiger partial charge in [0.1, 0.15) is 5.76 Å². The number of rotatable bonds is 1. The van der Waals surface area contributed by atoms with E-state index in [-0.39, 0.29) is 17.6 Å². The van der Waals surface area contributed by atoms with E-state index in [1.54, 1.807) is 17.9 Å². The van der Waals surface area contributed by atoms with Crippen LogP contribution in [0.2, 0.25) is 0 Å². The summed E-state index contributed by atoms with van der Waals surface area (Å²) in [5.74, 6) is 0.555. The first-order chi connectivity index (χ1) is 7.87. The summed E-state index contributed by atoms with van der Waals surface area (Å²) in [6.07, 6.45) is 0.0377. The van der Waals surface area contributed by atoms with Crippen molar-refractivity contribution in [3.05, 3.63) is 17.5 Å². The molecule has 94 valence electrons. The molecular weight excluding hydrogens is 220 g/mol. The molecule has 1 aliphatic rings. The standard InChI is InChI=1S/C12H18N2O3/c1-8-5-10(13-17-8)11(15)14-6-9(2)16-12(3,4)7-14/h5,9H,6-7H2,1-4H3. The van der Waals surface area contributed by atoms with Crippen molar-refractivity contribution in [2.45, 2.75) is 39.4 Å². The predicted octanol–water partition coefficient (Wildman–Crippen LogP) is 1.62. The lowest BCUT2D eigenvalue weighted by atomic mass is 10.1. The zero-order chi connectivity index (χ0) is 12.6. The number of amides is 1. The van der Waals surface area contributed by atoms with Gasteiger partial charge in [-0.25, -0.2) is 0 Å². The number of carbonyl (C=O) groups excluding carboxylic acids is 1. The van der Waals surface area contributed by atoms with Gasteiger partial charge in [0.05, 0.1) is 11.7 Å². The molecule has 0 aromatic carbocycles. The molecule has 1 aromatic heterocycles. The Labute approximate surface area is 101 Å². The van der Waals surface area contributed by atoms with Crippen LogP contribution in [0, 0.1) is 6.92 Å². The van der Waals surface area contributed by atoms with E-state index in [4.69, 9.17) is 9.26 Å². The van der Waals surface area contributed by atoms with Gasteiger partial charge in [-0.1, -0.05) is 5.16 Å². The van der Waals surface area contributed by atoms with Gasteiger partial charge in [0.2, 0.25) is 0 Å². The average molecular weight is 238 g/mol. The van der Waals surface area contributed by atoms with Gasteiger partial charge in [-0.3, -0.25) is 4.79 Å². The molecule has 2 rings (SSSR count). The first-order valence-electron chi connectivity index (χ1n) is 5.78. The Kier molecular flexibility index (Phi) is 2.95. The second-order valence-corrected chi connectivity index (χ2v) is 5.20. The summed E-state index contributed by atoms with van der Waals surface area (Å²) in [4.78, 5) is 14.0. The molecule has 1 atom stereocenters. The summed E-state index contributed by atoms with van der Waals surface area (Å²) >= 11 is 0. The molecule has 0 saturated carbocycles. The van der Waals surface area contributed by atoms with Crippen molar-refractivity contribution in [2.24, 2.45) is 0 Å². The number of aromatic nitrogens is 1. The van der Waals surface area contributed by atoms with Crippen LogP contribution in [-0.2, 0) is 4.74 Å². The monoisotopic (exact) mass is 238 g/mol. The van der Waals surface area contributed by atoms with Crippen LogP contribution < -0.4 is 0 Å². The zero-order valence-electron chi connectivity index (χ0n) is 10.7. The maximum absolute atomic E-state index is 12.2. The summed E-state index contributed by atoms with van der Waals surface area (Å²) in [6.45, 7) is 8.87. The van der Waals surface area contributed by atoms with Crippen molar-refractivity contribution in [2.75, 3.05) is 13.1 Å². The lowest BCUT2D eigenvalue weighted by molar-refractivity contribution is -0.119. The Balaban J connectivity index is 2.14. The van der Waals surface area contributed by atoms with Gasteiger partial charge in [0.15, 0.2) is 5.69 Å². The number of carbonyl (C=O) groups is 1. The quantitative estimate of drug-likeness (QED) is 0.746. The van der Waals surface area contributed by atoms with Crippen molar-refractivity contribution in [1.82, 2.24) is 10.1 Å². The fourth-order valence-corrected chi connectivity index (χ4v) is 2.24. The van der Waals surface area contributed by atoms with Crippen LogP contribution in [0.4, 0.5) is 0 Å². The van der Waals surface area contributed by atoms with E-state index in [1.165, 1.54) is 0 Å². The highest BCUT2D eigenvalue weighted by Gasteiger charge is 2.34. The van der Waals surface area contributed by atoms with Crippen molar-refractivity contribution >= 4 is 5.91 Å². The van der Waals surface area contributed by atoms with E-state index in [9.17, 15) is 4.79 Å². The van der Waals surface area contributed by atoms with Crippen LogP contribution in [0.1, 0.15) is 37.0 Å². The molecule has 5 heteroatoms. The number of hydrogen-bond acceptors (Lipinski definition) is 4. The number of morpholine rings is 1. The van der Waals surface area contributed by atoms with E-state index in [0.29, 0.717) is 24.5 Å². The average Bonchev–Trinajstić information content (AvgIpc) is 2.60. The first kappa shape index (κ1) is 12.1. The zero-order valence-corrected chi connectivity index (χ0v) is 10.7. The normalized spacial score (nSPS) is 23.8. The Hall–Kier alpha value is -1.36. The highest BCUT2D eigenvalue weighted by molar-refractivity contribution is 5.92. The van der Waals surface area contributed by atoms with E-state index < -0.39 is 0 Å². The molecule has 1 unspecified atom stereocenters. The maximum atomic E-state index is 12.2. The fourth-order valence-electron chi connectivity index (χ4n) is 2.24. The van der Waals surface area contributed by atoms with Gasteiger partial charge in [-0.05, 0) is 27.7 Å². The lowest BCUT2D eigenvalue weighted by Crippen LogP contribution is -2.53. The molecule has 5 nitrogen and oxygen atoms in total. The lowest BCUT2D eigenvalue weighted by Gasteiger charge is -2.41. The summed E-state index contributed by atoms with van der Waals surface area (Å²) in [5, 5.41) is 3.76. The largest absolute Gasteiger partial charge is 0.369 e. The molecule has 0 spiro atoms. The number of aryl methyl sites for hydroxylation is 1. The second-order valence-electron chi connectivity index (χ2n) is 5.20. The predicted molar refractivity (Wildman–Crippen MR) is 61.8 cm³/mol. The number of ether oxygens (including phenoxy) is 1. The molecule has 1 saturated heterocycles. The molecule has 0 bridgehead atoms. The van der Waals surface area contributed by atoms with Crippen LogP contribution >= 0.6 is 0 Å². The molecule has 1 aromatic rings. The molecule has 1 aliphatic heterocycles. The van der Waals surface area contributed by atoms with Gasteiger partial charge in [0.25, 0.3) is 5.91 Å². The van der Waals surface area contributed by atoms with Crippen molar-refractivity contribution in [1.29, 1.82) is 0 Å². The van der Waals surface area contributed by atoms with E-state index >= 15 is 0 Å². The van der Waals surface area contributed by atoms with Gasteiger partial charge in [-0.2, -0.15) is 0 Å². The van der Waals surface area contributed by atoms with E-state index in [2.05, 4.69) is 5.16 Å². The molecule has 0 N–H and O–H groups in total. The minimum absolute atomic E-state index is 0.0377. The van der Waals surface area contributed by atoms with E-state index in [0.717, 1.165) is 0 Å². The molecule has 0 aliphatic carbocycles. The smallest absolute Gasteiger partial charge is 0.276 e. The summed E-state index contributed by atoms with van der Waals surface area (Å²) in [5.41, 5.74) is 0.0546.